The van der Waals surface area contributed by atoms with Crippen LogP contribution in [-0.4, -0.2) is 30.4 Å². The number of hydrogen-bond acceptors (Lipinski definition) is 2. The molecule has 1 aliphatic rings. The maximum absolute atomic E-state index is 12.4. The second-order valence-electron chi connectivity index (χ2n) is 5.70. The molecule has 1 aromatic carbocycles. The van der Waals surface area contributed by atoms with Gasteiger partial charge in [-0.3, -0.25) is 4.79 Å². The average Bonchev–Trinajstić information content (AvgIpc) is 2.99. The van der Waals surface area contributed by atoms with Gasteiger partial charge in [-0.1, -0.05) is 37.3 Å². The Balaban J connectivity index is 1.84. The molecule has 0 aromatic heterocycles. The van der Waals surface area contributed by atoms with Gasteiger partial charge in [0, 0.05) is 19.5 Å². The van der Waals surface area contributed by atoms with E-state index in [-0.39, 0.29) is 0 Å². The molecule has 1 atom stereocenters. The Hall–Kier alpha value is -1.35. The minimum atomic E-state index is 0.308. The first kappa shape index (κ1) is 15.0. The van der Waals surface area contributed by atoms with E-state index in [0.717, 1.165) is 39.0 Å². The molecule has 0 saturated carbocycles. The Kier molecular flexibility index (Phi) is 6.06. The zero-order chi connectivity index (χ0) is 14.2. The van der Waals surface area contributed by atoms with E-state index in [2.05, 4.69) is 24.4 Å². The summed E-state index contributed by atoms with van der Waals surface area (Å²) in [7, 11) is 0. The molecule has 0 bridgehead atoms. The van der Waals surface area contributed by atoms with E-state index in [9.17, 15) is 4.79 Å². The van der Waals surface area contributed by atoms with E-state index in [1.165, 1.54) is 12.0 Å². The van der Waals surface area contributed by atoms with Gasteiger partial charge in [-0.25, -0.2) is 0 Å². The van der Waals surface area contributed by atoms with Gasteiger partial charge < -0.3 is 10.2 Å². The lowest BCUT2D eigenvalue weighted by Gasteiger charge is -2.23. The zero-order valence-electron chi connectivity index (χ0n) is 12.5. The van der Waals surface area contributed by atoms with Crippen LogP contribution < -0.4 is 5.32 Å². The summed E-state index contributed by atoms with van der Waals surface area (Å²) in [6, 6.07) is 10.3. The summed E-state index contributed by atoms with van der Waals surface area (Å²) in [6.07, 6.45) is 3.96. The van der Waals surface area contributed by atoms with Crippen LogP contribution >= 0.6 is 0 Å². The van der Waals surface area contributed by atoms with Crippen LogP contribution in [0.25, 0.3) is 0 Å². The predicted octanol–water partition coefficient (Wildman–Crippen LogP) is 2.81. The minimum Gasteiger partial charge on any atom is -0.338 e. The summed E-state index contributed by atoms with van der Waals surface area (Å²) in [4.78, 5) is 14.4. The van der Waals surface area contributed by atoms with Crippen LogP contribution in [0.2, 0.25) is 0 Å². The number of carbonyl (C=O) groups is 1. The average molecular weight is 274 g/mol. The highest BCUT2D eigenvalue weighted by Gasteiger charge is 2.18. The van der Waals surface area contributed by atoms with E-state index < -0.39 is 0 Å². The summed E-state index contributed by atoms with van der Waals surface area (Å²) in [6.45, 7) is 5.93. The molecular formula is C17H26N2O. The van der Waals surface area contributed by atoms with Gasteiger partial charge in [0.25, 0.3) is 0 Å². The van der Waals surface area contributed by atoms with Crippen LogP contribution in [0.3, 0.4) is 0 Å². The van der Waals surface area contributed by atoms with Crippen molar-refractivity contribution in [3.05, 3.63) is 35.9 Å². The van der Waals surface area contributed by atoms with Crippen molar-refractivity contribution in [3.8, 4) is 0 Å². The van der Waals surface area contributed by atoms with Crippen molar-refractivity contribution in [3.63, 3.8) is 0 Å². The second kappa shape index (κ2) is 8.05. The molecule has 2 rings (SSSR count). The minimum absolute atomic E-state index is 0.308. The number of benzene rings is 1. The highest BCUT2D eigenvalue weighted by molar-refractivity contribution is 5.76. The Labute approximate surface area is 122 Å². The summed E-state index contributed by atoms with van der Waals surface area (Å²) >= 11 is 0. The molecule has 1 heterocycles. The standard InChI is InChI=1S/C17H26N2O/c1-2-12-19(14-16-6-4-3-5-7-16)17(20)9-8-15-10-11-18-13-15/h3-7,15,18H,2,8-14H2,1H3. The maximum atomic E-state index is 12.4. The van der Waals surface area contributed by atoms with Crippen molar-refractivity contribution in [2.75, 3.05) is 19.6 Å². The van der Waals surface area contributed by atoms with Crippen LogP contribution in [0, 0.1) is 5.92 Å². The van der Waals surface area contributed by atoms with Crippen LogP contribution in [0.4, 0.5) is 0 Å². The smallest absolute Gasteiger partial charge is 0.222 e. The van der Waals surface area contributed by atoms with Crippen molar-refractivity contribution in [2.24, 2.45) is 5.92 Å². The normalized spacial score (nSPS) is 18.1. The first-order valence-corrected chi connectivity index (χ1v) is 7.82. The van der Waals surface area contributed by atoms with Crippen molar-refractivity contribution in [2.45, 2.75) is 39.2 Å². The second-order valence-corrected chi connectivity index (χ2v) is 5.70. The van der Waals surface area contributed by atoms with Crippen molar-refractivity contribution >= 4 is 5.91 Å². The summed E-state index contributed by atoms with van der Waals surface area (Å²) < 4.78 is 0. The van der Waals surface area contributed by atoms with Crippen molar-refractivity contribution < 1.29 is 4.79 Å². The number of hydrogen-bond donors (Lipinski definition) is 1. The number of nitrogens with zero attached hydrogens (tertiary/aromatic N) is 1. The largest absolute Gasteiger partial charge is 0.338 e. The monoisotopic (exact) mass is 274 g/mol. The first-order valence-electron chi connectivity index (χ1n) is 7.82. The number of rotatable bonds is 7. The van der Waals surface area contributed by atoms with Gasteiger partial charge in [0.1, 0.15) is 0 Å². The number of nitrogens with one attached hydrogen (secondary N) is 1. The third kappa shape index (κ3) is 4.64. The third-order valence-electron chi connectivity index (χ3n) is 3.99. The fraction of sp³-hybridized carbons (Fsp3) is 0.588. The van der Waals surface area contributed by atoms with Crippen LogP contribution in [0.5, 0.6) is 0 Å². The van der Waals surface area contributed by atoms with Crippen LogP contribution in [-0.2, 0) is 11.3 Å². The maximum Gasteiger partial charge on any atom is 0.222 e. The van der Waals surface area contributed by atoms with Crippen molar-refractivity contribution in [1.82, 2.24) is 10.2 Å². The van der Waals surface area contributed by atoms with E-state index in [1.807, 2.05) is 23.1 Å². The molecule has 0 spiro atoms. The molecule has 1 aromatic rings. The molecule has 20 heavy (non-hydrogen) atoms. The fourth-order valence-electron chi connectivity index (χ4n) is 2.81. The molecule has 1 unspecified atom stereocenters. The number of carbonyl (C=O) groups excluding carboxylic acids is 1. The van der Waals surface area contributed by atoms with Gasteiger partial charge in [-0.15, -0.1) is 0 Å². The molecular weight excluding hydrogens is 248 g/mol. The molecule has 1 fully saturated rings. The molecule has 1 amide bonds. The van der Waals surface area contributed by atoms with Gasteiger partial charge in [0.05, 0.1) is 0 Å². The molecule has 0 aliphatic carbocycles. The van der Waals surface area contributed by atoms with Gasteiger partial charge >= 0.3 is 0 Å². The van der Waals surface area contributed by atoms with Crippen LogP contribution in [0.1, 0.15) is 38.2 Å². The molecule has 110 valence electrons. The first-order chi connectivity index (χ1) is 9.79. The van der Waals surface area contributed by atoms with Crippen molar-refractivity contribution in [1.29, 1.82) is 0 Å². The topological polar surface area (TPSA) is 32.3 Å². The lowest BCUT2D eigenvalue weighted by atomic mass is 10.0. The Morgan fingerprint density at radius 2 is 2.15 bits per heavy atom. The quantitative estimate of drug-likeness (QED) is 0.829. The van der Waals surface area contributed by atoms with Gasteiger partial charge in [-0.05, 0) is 43.8 Å². The lowest BCUT2D eigenvalue weighted by molar-refractivity contribution is -0.132. The van der Waals surface area contributed by atoms with E-state index >= 15 is 0 Å². The molecule has 1 N–H and O–H groups in total. The Bertz CT molecular complexity index is 399. The summed E-state index contributed by atoms with van der Waals surface area (Å²) in [5.74, 6) is 1.00. The zero-order valence-corrected chi connectivity index (χ0v) is 12.5. The molecule has 3 heteroatoms. The van der Waals surface area contributed by atoms with Gasteiger partial charge in [0.15, 0.2) is 0 Å². The predicted molar refractivity (Wildman–Crippen MR) is 82.4 cm³/mol. The highest BCUT2D eigenvalue weighted by atomic mass is 16.2. The van der Waals surface area contributed by atoms with E-state index in [0.29, 0.717) is 18.2 Å². The molecule has 3 nitrogen and oxygen atoms in total. The Morgan fingerprint density at radius 1 is 1.35 bits per heavy atom. The van der Waals surface area contributed by atoms with Gasteiger partial charge in [0.2, 0.25) is 5.91 Å². The lowest BCUT2D eigenvalue weighted by Crippen LogP contribution is -2.31. The Morgan fingerprint density at radius 3 is 2.80 bits per heavy atom. The molecule has 1 aliphatic heterocycles. The summed E-state index contributed by atoms with van der Waals surface area (Å²) in [5.41, 5.74) is 1.22. The fourth-order valence-corrected chi connectivity index (χ4v) is 2.81. The third-order valence-corrected chi connectivity index (χ3v) is 3.99. The van der Waals surface area contributed by atoms with Gasteiger partial charge in [-0.2, -0.15) is 0 Å². The van der Waals surface area contributed by atoms with Crippen LogP contribution in [0.15, 0.2) is 30.3 Å². The summed E-state index contributed by atoms with van der Waals surface area (Å²) in [5, 5.41) is 3.37. The number of amides is 1. The van der Waals surface area contributed by atoms with E-state index in [4.69, 9.17) is 0 Å². The molecule has 0 radical (unpaired) electrons. The van der Waals surface area contributed by atoms with E-state index in [1.54, 1.807) is 0 Å². The SMILES string of the molecule is CCCN(Cc1ccccc1)C(=O)CCC1CCNC1. The highest BCUT2D eigenvalue weighted by Crippen LogP contribution is 2.16. The molecule has 1 saturated heterocycles.